The van der Waals surface area contributed by atoms with E-state index in [2.05, 4.69) is 12.0 Å². The van der Waals surface area contributed by atoms with Crippen molar-refractivity contribution in [3.63, 3.8) is 0 Å². The first-order valence-electron chi connectivity index (χ1n) is 11.8. The summed E-state index contributed by atoms with van der Waals surface area (Å²) < 4.78 is 17.4. The molecular weight excluding hydrogens is 505 g/mol. The summed E-state index contributed by atoms with van der Waals surface area (Å²) in [6.07, 6.45) is 1.61. The lowest BCUT2D eigenvalue weighted by molar-refractivity contribution is -0.136. The van der Waals surface area contributed by atoms with Crippen LogP contribution in [0.4, 0.5) is 0 Å². The fraction of sp³-hybridized carbons (Fsp3) is 0.385. The van der Waals surface area contributed by atoms with Gasteiger partial charge in [0.25, 0.3) is 5.91 Å². The molecule has 36 heavy (non-hydrogen) atoms. The van der Waals surface area contributed by atoms with E-state index in [4.69, 9.17) is 47.5 Å². The monoisotopic (exact) mass is 533 g/mol. The van der Waals surface area contributed by atoms with Crippen molar-refractivity contribution < 1.29 is 24.1 Å². The van der Waals surface area contributed by atoms with E-state index in [1.54, 1.807) is 36.4 Å². The number of nitrogens with one attached hydrogen (secondary N) is 1. The van der Waals surface area contributed by atoms with Crippen LogP contribution in [-0.4, -0.2) is 67.0 Å². The predicted octanol–water partition coefficient (Wildman–Crippen LogP) is 3.95. The molecule has 2 N–H and O–H groups in total. The first-order valence-corrected chi connectivity index (χ1v) is 12.5. The summed E-state index contributed by atoms with van der Waals surface area (Å²) >= 11 is 12.7. The lowest BCUT2D eigenvalue weighted by Gasteiger charge is -2.34. The van der Waals surface area contributed by atoms with Crippen molar-refractivity contribution in [1.29, 1.82) is 0 Å². The molecule has 8 nitrogen and oxygen atoms in total. The Morgan fingerprint density at radius 1 is 1.25 bits per heavy atom. The van der Waals surface area contributed by atoms with E-state index in [0.717, 1.165) is 0 Å². The lowest BCUT2D eigenvalue weighted by atomic mass is 9.84. The summed E-state index contributed by atoms with van der Waals surface area (Å²) in [4.78, 5) is 18.7. The number of ether oxygens (including phenoxy) is 3. The van der Waals surface area contributed by atoms with E-state index >= 15 is 0 Å². The van der Waals surface area contributed by atoms with Crippen molar-refractivity contribution in [2.75, 3.05) is 39.5 Å². The Morgan fingerprint density at radius 3 is 2.67 bits per heavy atom. The highest BCUT2D eigenvalue weighted by Crippen LogP contribution is 2.45. The van der Waals surface area contributed by atoms with E-state index in [0.29, 0.717) is 72.2 Å². The van der Waals surface area contributed by atoms with Crippen molar-refractivity contribution in [2.24, 2.45) is 4.99 Å². The minimum atomic E-state index is -1.34. The molecule has 0 unspecified atom stereocenters. The van der Waals surface area contributed by atoms with Gasteiger partial charge >= 0.3 is 0 Å². The van der Waals surface area contributed by atoms with Gasteiger partial charge in [-0.3, -0.25) is 10.2 Å². The zero-order valence-corrected chi connectivity index (χ0v) is 21.3. The number of hydrogen-bond donors (Lipinski definition) is 2. The van der Waals surface area contributed by atoms with E-state index < -0.39 is 11.6 Å². The fourth-order valence-electron chi connectivity index (χ4n) is 4.14. The van der Waals surface area contributed by atoms with Crippen LogP contribution >= 0.6 is 23.2 Å². The van der Waals surface area contributed by atoms with Gasteiger partial charge in [-0.2, -0.15) is 0 Å². The second kappa shape index (κ2) is 12.1. The molecule has 0 radical (unpaired) electrons. The number of benzene rings is 2. The molecule has 0 saturated carbocycles. The fourth-order valence-corrected chi connectivity index (χ4v) is 4.65. The summed E-state index contributed by atoms with van der Waals surface area (Å²) in [6.45, 7) is 6.54. The number of amides is 1. The summed E-state index contributed by atoms with van der Waals surface area (Å²) in [7, 11) is 0. The Balaban J connectivity index is 1.69. The van der Waals surface area contributed by atoms with Gasteiger partial charge in [-0.15, -0.1) is 6.58 Å². The highest BCUT2D eigenvalue weighted by Gasteiger charge is 2.53. The highest BCUT2D eigenvalue weighted by atomic mass is 35.5. The van der Waals surface area contributed by atoms with E-state index in [1.165, 1.54) is 0 Å². The van der Waals surface area contributed by atoms with E-state index in [9.17, 15) is 4.79 Å². The Hall–Kier alpha value is -2.62. The minimum Gasteiger partial charge on any atom is -0.494 e. The maximum Gasteiger partial charge on any atom is 0.266 e. The highest BCUT2D eigenvalue weighted by molar-refractivity contribution is 6.35. The Morgan fingerprint density at radius 2 is 2.00 bits per heavy atom. The quantitative estimate of drug-likeness (QED) is 0.354. The topological polar surface area (TPSA) is 92.6 Å². The van der Waals surface area contributed by atoms with Crippen LogP contribution < -0.4 is 10.2 Å². The molecule has 2 atom stereocenters. The number of carbonyl (C=O) groups is 1. The zero-order chi connectivity index (χ0) is 25.5. The molecule has 1 saturated heterocycles. The number of hydrogen-bond acceptors (Lipinski definition) is 7. The third kappa shape index (κ3) is 5.85. The van der Waals surface area contributed by atoms with Crippen molar-refractivity contribution in [2.45, 2.75) is 24.5 Å². The summed E-state index contributed by atoms with van der Waals surface area (Å²) in [5, 5.41) is 11.6. The SMILES string of the molecule is C=CC[C@]1(C(=O)NN2CCOCC2)N=C(c2ccc(OCCCO)cc2)O[C@H]1c1ccc(Cl)cc1Cl. The van der Waals surface area contributed by atoms with Crippen molar-refractivity contribution >= 4 is 35.0 Å². The Bertz CT molecular complexity index is 1110. The number of aliphatic hydroxyl groups excluding tert-OH is 1. The van der Waals surface area contributed by atoms with Crippen molar-refractivity contribution in [1.82, 2.24) is 10.4 Å². The number of aliphatic imine (C=N–C) groups is 1. The van der Waals surface area contributed by atoms with Crippen LogP contribution in [0.25, 0.3) is 0 Å². The molecule has 0 aliphatic carbocycles. The van der Waals surface area contributed by atoms with Gasteiger partial charge in [-0.1, -0.05) is 35.3 Å². The Kier molecular flexibility index (Phi) is 8.87. The van der Waals surface area contributed by atoms with Crippen LogP contribution in [0.2, 0.25) is 10.0 Å². The molecular formula is C26H29Cl2N3O5. The molecule has 1 amide bonds. The molecule has 0 spiro atoms. The van der Waals surface area contributed by atoms with Gasteiger partial charge in [0, 0.05) is 53.7 Å². The molecule has 2 aliphatic heterocycles. The first-order chi connectivity index (χ1) is 17.5. The lowest BCUT2D eigenvalue weighted by Crippen LogP contribution is -2.56. The molecule has 2 aromatic carbocycles. The van der Waals surface area contributed by atoms with Crippen molar-refractivity contribution in [3.05, 3.63) is 76.3 Å². The van der Waals surface area contributed by atoms with E-state index in [1.807, 2.05) is 17.1 Å². The molecule has 2 aromatic rings. The molecule has 1 fully saturated rings. The number of rotatable bonds is 10. The number of nitrogens with zero attached hydrogens (tertiary/aromatic N) is 2. The third-order valence-electron chi connectivity index (χ3n) is 6.00. The number of halogens is 2. The van der Waals surface area contributed by atoms with Gasteiger partial charge < -0.3 is 19.3 Å². The average Bonchev–Trinajstić information content (AvgIpc) is 3.26. The molecule has 4 rings (SSSR count). The number of morpholine rings is 1. The summed E-state index contributed by atoms with van der Waals surface area (Å²) in [6, 6.07) is 12.3. The van der Waals surface area contributed by atoms with Crippen LogP contribution in [-0.2, 0) is 14.3 Å². The standard InChI is InChI=1S/C26H29Cl2N3O5/c1-2-10-26(25(33)30-31-11-15-34-16-12-31)23(21-9-6-19(27)17-22(21)28)36-24(29-26)18-4-7-20(8-5-18)35-14-3-13-32/h2,4-9,17,23,32H,1,3,10-16H2,(H,30,33)/t23-,26-/m0/s1. The van der Waals surface area contributed by atoms with Gasteiger partial charge in [0.15, 0.2) is 11.6 Å². The molecule has 10 heteroatoms. The normalized spacial score (nSPS) is 22.0. The predicted molar refractivity (Wildman–Crippen MR) is 139 cm³/mol. The molecule has 2 aliphatic rings. The second-order valence-electron chi connectivity index (χ2n) is 8.49. The molecule has 192 valence electrons. The van der Waals surface area contributed by atoms with Crippen LogP contribution in [0.15, 0.2) is 60.1 Å². The van der Waals surface area contributed by atoms with Crippen LogP contribution in [0.3, 0.4) is 0 Å². The van der Waals surface area contributed by atoms with Gasteiger partial charge in [0.2, 0.25) is 5.90 Å². The zero-order valence-electron chi connectivity index (χ0n) is 19.8. The van der Waals surface area contributed by atoms with E-state index in [-0.39, 0.29) is 18.9 Å². The average molecular weight is 534 g/mol. The smallest absolute Gasteiger partial charge is 0.266 e. The van der Waals surface area contributed by atoms with Crippen molar-refractivity contribution in [3.8, 4) is 5.75 Å². The minimum absolute atomic E-state index is 0.0648. The largest absolute Gasteiger partial charge is 0.494 e. The molecule has 0 bridgehead atoms. The maximum atomic E-state index is 13.8. The van der Waals surface area contributed by atoms with Gasteiger partial charge in [-0.05, 0) is 36.4 Å². The van der Waals surface area contributed by atoms with Crippen LogP contribution in [0.5, 0.6) is 5.75 Å². The van der Waals surface area contributed by atoms with Crippen LogP contribution in [0.1, 0.15) is 30.1 Å². The van der Waals surface area contributed by atoms with Crippen LogP contribution in [0, 0.1) is 0 Å². The third-order valence-corrected chi connectivity index (χ3v) is 6.56. The second-order valence-corrected chi connectivity index (χ2v) is 9.33. The molecule has 2 heterocycles. The number of aliphatic hydroxyl groups is 1. The van der Waals surface area contributed by atoms with Gasteiger partial charge in [0.05, 0.1) is 19.8 Å². The summed E-state index contributed by atoms with van der Waals surface area (Å²) in [5.74, 6) is 0.650. The summed E-state index contributed by atoms with van der Waals surface area (Å²) in [5.41, 5.74) is 2.94. The molecule has 0 aromatic heterocycles. The maximum absolute atomic E-state index is 13.8. The van der Waals surface area contributed by atoms with Gasteiger partial charge in [0.1, 0.15) is 5.75 Å². The number of carbonyl (C=O) groups excluding carboxylic acids is 1. The number of hydrazine groups is 1. The first kappa shape index (κ1) is 26.4. The Labute approximate surface area is 220 Å². The van der Waals surface area contributed by atoms with Gasteiger partial charge in [-0.25, -0.2) is 10.0 Å².